The normalized spacial score (nSPS) is 17.5. The van der Waals surface area contributed by atoms with Gasteiger partial charge in [0.25, 0.3) is 0 Å². The number of carboxylic acids is 1. The number of aliphatic carboxylic acids is 1. The molecule has 0 saturated heterocycles. The highest BCUT2D eigenvalue weighted by molar-refractivity contribution is 5.67. The van der Waals surface area contributed by atoms with Crippen LogP contribution >= 0.6 is 0 Å². The fourth-order valence-electron chi connectivity index (χ4n) is 3.56. The third kappa shape index (κ3) is 3.58. The second kappa shape index (κ2) is 6.50. The lowest BCUT2D eigenvalue weighted by atomic mass is 9.70. The maximum absolute atomic E-state index is 10.8. The van der Waals surface area contributed by atoms with Gasteiger partial charge in [-0.2, -0.15) is 0 Å². The van der Waals surface area contributed by atoms with E-state index in [0.29, 0.717) is 6.42 Å². The highest BCUT2D eigenvalue weighted by Gasteiger charge is 2.32. The monoisotopic (exact) mass is 290 g/mol. The summed E-state index contributed by atoms with van der Waals surface area (Å²) in [5, 5.41) is 8.89. The number of methoxy groups -OCH3 is 1. The first-order chi connectivity index (χ1) is 9.96. The molecule has 0 atom stereocenters. The Bertz CT molecular complexity index is 513. The second-order valence-electron chi connectivity index (χ2n) is 6.51. The number of carbonyl (C=O) groups is 1. The minimum atomic E-state index is -0.742. The van der Waals surface area contributed by atoms with Crippen molar-refractivity contribution in [2.75, 3.05) is 7.11 Å². The fraction of sp³-hybridized carbons (Fsp3) is 0.611. The molecule has 2 rings (SSSR count). The van der Waals surface area contributed by atoms with Gasteiger partial charge in [-0.25, -0.2) is 0 Å². The predicted molar refractivity (Wildman–Crippen MR) is 84.1 cm³/mol. The fourth-order valence-corrected chi connectivity index (χ4v) is 3.56. The van der Waals surface area contributed by atoms with E-state index in [2.05, 4.69) is 26.0 Å². The second-order valence-corrected chi connectivity index (χ2v) is 6.51. The SMILES string of the molecule is COc1c(C)cc(CCC(=O)O)cc1C1(C)CCCCC1. The highest BCUT2D eigenvalue weighted by Crippen LogP contribution is 2.44. The zero-order valence-corrected chi connectivity index (χ0v) is 13.4. The lowest BCUT2D eigenvalue weighted by Gasteiger charge is -2.36. The molecule has 0 aromatic heterocycles. The van der Waals surface area contributed by atoms with Crippen molar-refractivity contribution in [1.29, 1.82) is 0 Å². The number of hydrogen-bond acceptors (Lipinski definition) is 2. The number of aryl methyl sites for hydroxylation is 2. The lowest BCUT2D eigenvalue weighted by Crippen LogP contribution is -2.26. The first-order valence-corrected chi connectivity index (χ1v) is 7.86. The smallest absolute Gasteiger partial charge is 0.303 e. The average Bonchev–Trinajstić information content (AvgIpc) is 2.45. The van der Waals surface area contributed by atoms with Crippen molar-refractivity contribution in [3.8, 4) is 5.75 Å². The molecule has 1 N–H and O–H groups in total. The molecule has 21 heavy (non-hydrogen) atoms. The van der Waals surface area contributed by atoms with Crippen molar-refractivity contribution >= 4 is 5.97 Å². The van der Waals surface area contributed by atoms with E-state index in [0.717, 1.165) is 16.9 Å². The highest BCUT2D eigenvalue weighted by atomic mass is 16.5. The van der Waals surface area contributed by atoms with Gasteiger partial charge >= 0.3 is 5.97 Å². The zero-order valence-electron chi connectivity index (χ0n) is 13.4. The van der Waals surface area contributed by atoms with E-state index in [1.54, 1.807) is 7.11 Å². The summed E-state index contributed by atoms with van der Waals surface area (Å²) in [5.41, 5.74) is 3.65. The zero-order chi connectivity index (χ0) is 15.5. The molecule has 1 fully saturated rings. The first-order valence-electron chi connectivity index (χ1n) is 7.86. The Hall–Kier alpha value is -1.51. The van der Waals surface area contributed by atoms with Gasteiger partial charge in [0, 0.05) is 12.0 Å². The molecule has 1 saturated carbocycles. The van der Waals surface area contributed by atoms with E-state index in [1.807, 2.05) is 0 Å². The maximum atomic E-state index is 10.8. The summed E-state index contributed by atoms with van der Waals surface area (Å²) in [5.74, 6) is 0.243. The number of ether oxygens (including phenoxy) is 1. The first kappa shape index (κ1) is 15.9. The number of benzene rings is 1. The molecule has 0 aliphatic heterocycles. The van der Waals surface area contributed by atoms with E-state index in [-0.39, 0.29) is 11.8 Å². The molecular weight excluding hydrogens is 264 g/mol. The van der Waals surface area contributed by atoms with Crippen LogP contribution in [0, 0.1) is 6.92 Å². The summed E-state index contributed by atoms with van der Waals surface area (Å²) in [6.07, 6.45) is 6.98. The molecule has 1 aliphatic carbocycles. The average molecular weight is 290 g/mol. The van der Waals surface area contributed by atoms with Gasteiger partial charge in [0.2, 0.25) is 0 Å². The van der Waals surface area contributed by atoms with Gasteiger partial charge in [-0.15, -0.1) is 0 Å². The summed E-state index contributed by atoms with van der Waals surface area (Å²) in [6, 6.07) is 4.25. The standard InChI is InChI=1S/C18H26O3/c1-13-11-14(7-8-16(19)20)12-15(17(13)21-3)18(2)9-5-4-6-10-18/h11-12H,4-10H2,1-3H3,(H,19,20). The maximum Gasteiger partial charge on any atom is 0.303 e. The van der Waals surface area contributed by atoms with Gasteiger partial charge in [0.15, 0.2) is 0 Å². The van der Waals surface area contributed by atoms with Crippen LogP contribution in [0.2, 0.25) is 0 Å². The molecule has 3 nitrogen and oxygen atoms in total. The van der Waals surface area contributed by atoms with Crippen LogP contribution in [0.1, 0.15) is 62.1 Å². The van der Waals surface area contributed by atoms with E-state index in [1.165, 1.54) is 37.7 Å². The van der Waals surface area contributed by atoms with Crippen LogP contribution in [0.3, 0.4) is 0 Å². The Labute approximate surface area is 127 Å². The Morgan fingerprint density at radius 3 is 2.52 bits per heavy atom. The Morgan fingerprint density at radius 1 is 1.29 bits per heavy atom. The Kier molecular flexibility index (Phi) is 4.92. The van der Waals surface area contributed by atoms with Crippen LogP contribution in [0.15, 0.2) is 12.1 Å². The molecule has 0 bridgehead atoms. The van der Waals surface area contributed by atoms with Gasteiger partial charge in [-0.3, -0.25) is 4.79 Å². The minimum Gasteiger partial charge on any atom is -0.496 e. The van der Waals surface area contributed by atoms with Crippen molar-refractivity contribution in [3.05, 3.63) is 28.8 Å². The molecule has 0 radical (unpaired) electrons. The molecule has 0 heterocycles. The number of carboxylic acid groups (broad SMARTS) is 1. The predicted octanol–water partition coefficient (Wildman–Crippen LogP) is 4.24. The summed E-state index contributed by atoms with van der Waals surface area (Å²) in [4.78, 5) is 10.8. The topological polar surface area (TPSA) is 46.5 Å². The van der Waals surface area contributed by atoms with Gasteiger partial charge in [-0.1, -0.05) is 38.3 Å². The number of rotatable bonds is 5. The van der Waals surface area contributed by atoms with Crippen molar-refractivity contribution in [1.82, 2.24) is 0 Å². The molecule has 0 unspecified atom stereocenters. The van der Waals surface area contributed by atoms with Gasteiger partial charge < -0.3 is 9.84 Å². The molecule has 0 amide bonds. The van der Waals surface area contributed by atoms with Crippen molar-refractivity contribution in [2.45, 2.75) is 64.2 Å². The molecular formula is C18H26O3. The van der Waals surface area contributed by atoms with Crippen molar-refractivity contribution in [2.24, 2.45) is 0 Å². The van der Waals surface area contributed by atoms with Gasteiger partial charge in [0.05, 0.1) is 7.11 Å². The Balaban J connectivity index is 2.38. The molecule has 1 aromatic rings. The van der Waals surface area contributed by atoms with Crippen LogP contribution in [-0.2, 0) is 16.6 Å². The Morgan fingerprint density at radius 2 is 1.95 bits per heavy atom. The molecule has 116 valence electrons. The summed E-state index contributed by atoms with van der Waals surface area (Å²) >= 11 is 0. The molecule has 1 aromatic carbocycles. The lowest BCUT2D eigenvalue weighted by molar-refractivity contribution is -0.136. The third-order valence-corrected chi connectivity index (χ3v) is 4.77. The molecule has 3 heteroatoms. The van der Waals surface area contributed by atoms with E-state index in [9.17, 15) is 4.79 Å². The summed E-state index contributed by atoms with van der Waals surface area (Å²) < 4.78 is 5.66. The summed E-state index contributed by atoms with van der Waals surface area (Å²) in [7, 11) is 1.73. The van der Waals surface area contributed by atoms with E-state index >= 15 is 0 Å². The third-order valence-electron chi connectivity index (χ3n) is 4.77. The van der Waals surface area contributed by atoms with Crippen LogP contribution in [0.5, 0.6) is 5.75 Å². The van der Waals surface area contributed by atoms with E-state index < -0.39 is 5.97 Å². The molecule has 0 spiro atoms. The van der Waals surface area contributed by atoms with Crippen molar-refractivity contribution in [3.63, 3.8) is 0 Å². The summed E-state index contributed by atoms with van der Waals surface area (Å²) in [6.45, 7) is 4.38. The van der Waals surface area contributed by atoms with Crippen molar-refractivity contribution < 1.29 is 14.6 Å². The van der Waals surface area contributed by atoms with Crippen LogP contribution in [0.25, 0.3) is 0 Å². The van der Waals surface area contributed by atoms with E-state index in [4.69, 9.17) is 9.84 Å². The van der Waals surface area contributed by atoms with Gasteiger partial charge in [-0.05, 0) is 42.7 Å². The van der Waals surface area contributed by atoms with Gasteiger partial charge in [0.1, 0.15) is 5.75 Å². The van der Waals surface area contributed by atoms with Crippen LogP contribution in [0.4, 0.5) is 0 Å². The minimum absolute atomic E-state index is 0.160. The quantitative estimate of drug-likeness (QED) is 0.882. The largest absolute Gasteiger partial charge is 0.496 e. The molecule has 1 aliphatic rings. The van der Waals surface area contributed by atoms with Crippen LogP contribution < -0.4 is 4.74 Å². The van der Waals surface area contributed by atoms with Crippen LogP contribution in [-0.4, -0.2) is 18.2 Å². The number of hydrogen-bond donors (Lipinski definition) is 1.